The van der Waals surface area contributed by atoms with Gasteiger partial charge in [0, 0.05) is 6.92 Å². The highest BCUT2D eigenvalue weighted by atomic mass is 16.4. The van der Waals surface area contributed by atoms with E-state index in [4.69, 9.17) is 20.1 Å². The lowest BCUT2D eigenvalue weighted by atomic mass is 10.3. The molecule has 12 heavy (non-hydrogen) atoms. The summed E-state index contributed by atoms with van der Waals surface area (Å²) >= 11 is 0. The van der Waals surface area contributed by atoms with Crippen LogP contribution in [0.3, 0.4) is 0 Å². The van der Waals surface area contributed by atoms with Crippen LogP contribution >= 0.6 is 0 Å². The Morgan fingerprint density at radius 2 is 1.25 bits per heavy atom. The van der Waals surface area contributed by atoms with Gasteiger partial charge in [-0.05, 0) is 24.3 Å². The van der Waals surface area contributed by atoms with Gasteiger partial charge in [0.25, 0.3) is 5.97 Å². The van der Waals surface area contributed by atoms with Crippen molar-refractivity contribution in [2.24, 2.45) is 0 Å². The van der Waals surface area contributed by atoms with E-state index in [9.17, 15) is 0 Å². The lowest BCUT2D eigenvalue weighted by molar-refractivity contribution is -0.134. The van der Waals surface area contributed by atoms with Gasteiger partial charge in [0.05, 0.1) is 0 Å². The van der Waals surface area contributed by atoms with E-state index in [0.717, 1.165) is 6.92 Å². The van der Waals surface area contributed by atoms with Gasteiger partial charge in [-0.3, -0.25) is 4.79 Å². The molecule has 0 bridgehead atoms. The van der Waals surface area contributed by atoms with Crippen molar-refractivity contribution in [3.05, 3.63) is 24.3 Å². The molecule has 0 heterocycles. The molecule has 4 heteroatoms. The molecule has 1 aromatic rings. The van der Waals surface area contributed by atoms with E-state index in [-0.39, 0.29) is 11.5 Å². The number of hydrogen-bond acceptors (Lipinski definition) is 3. The molecule has 1 aromatic carbocycles. The zero-order chi connectivity index (χ0) is 9.56. The highest BCUT2D eigenvalue weighted by molar-refractivity contribution is 5.62. The summed E-state index contributed by atoms with van der Waals surface area (Å²) < 4.78 is 0. The van der Waals surface area contributed by atoms with Crippen LogP contribution in [0.5, 0.6) is 11.5 Å². The van der Waals surface area contributed by atoms with Gasteiger partial charge in [0.1, 0.15) is 11.5 Å². The van der Waals surface area contributed by atoms with Crippen molar-refractivity contribution in [3.8, 4) is 11.5 Å². The first-order chi connectivity index (χ1) is 5.52. The van der Waals surface area contributed by atoms with E-state index in [2.05, 4.69) is 0 Å². The van der Waals surface area contributed by atoms with Crippen molar-refractivity contribution >= 4 is 5.97 Å². The molecule has 3 N–H and O–H groups in total. The van der Waals surface area contributed by atoms with Crippen LogP contribution in [0.1, 0.15) is 6.92 Å². The quantitative estimate of drug-likeness (QED) is 0.511. The molecule has 0 saturated carbocycles. The van der Waals surface area contributed by atoms with Gasteiger partial charge in [-0.1, -0.05) is 0 Å². The lowest BCUT2D eigenvalue weighted by Gasteiger charge is -1.88. The third-order valence-corrected chi connectivity index (χ3v) is 0.850. The number of carboxylic acid groups (broad SMARTS) is 1. The summed E-state index contributed by atoms with van der Waals surface area (Å²) in [6.45, 7) is 1.08. The van der Waals surface area contributed by atoms with Crippen molar-refractivity contribution in [2.75, 3.05) is 0 Å². The van der Waals surface area contributed by atoms with E-state index < -0.39 is 5.97 Å². The van der Waals surface area contributed by atoms with Crippen LogP contribution < -0.4 is 0 Å². The Bertz CT molecular complexity index is 215. The molecule has 0 aliphatic rings. The monoisotopic (exact) mass is 170 g/mol. The Morgan fingerprint density at radius 1 is 1.08 bits per heavy atom. The Hall–Kier alpha value is -1.71. The van der Waals surface area contributed by atoms with Gasteiger partial charge in [0.2, 0.25) is 0 Å². The van der Waals surface area contributed by atoms with Crippen LogP contribution in [-0.4, -0.2) is 21.3 Å². The number of aromatic hydroxyl groups is 2. The van der Waals surface area contributed by atoms with Gasteiger partial charge < -0.3 is 15.3 Å². The molecule has 0 atom stereocenters. The summed E-state index contributed by atoms with van der Waals surface area (Å²) in [5.41, 5.74) is 0. The zero-order valence-corrected chi connectivity index (χ0v) is 6.56. The van der Waals surface area contributed by atoms with Crippen LogP contribution in [0.2, 0.25) is 0 Å². The molecular weight excluding hydrogens is 160 g/mol. The van der Waals surface area contributed by atoms with E-state index in [1.165, 1.54) is 24.3 Å². The molecule has 0 fully saturated rings. The van der Waals surface area contributed by atoms with Crippen molar-refractivity contribution in [2.45, 2.75) is 6.92 Å². The average molecular weight is 170 g/mol. The first-order valence-electron chi connectivity index (χ1n) is 3.20. The predicted molar refractivity (Wildman–Crippen MR) is 43.1 cm³/mol. The maximum Gasteiger partial charge on any atom is 0.300 e. The molecule has 0 saturated heterocycles. The maximum absolute atomic E-state index is 9.00. The maximum atomic E-state index is 9.00. The van der Waals surface area contributed by atoms with Crippen LogP contribution in [0.4, 0.5) is 0 Å². The number of carboxylic acids is 1. The highest BCUT2D eigenvalue weighted by Crippen LogP contribution is 2.13. The van der Waals surface area contributed by atoms with Crippen molar-refractivity contribution in [1.82, 2.24) is 0 Å². The number of benzene rings is 1. The highest BCUT2D eigenvalue weighted by Gasteiger charge is 1.84. The standard InChI is InChI=1S/C6H6O2.C2H4O2/c7-5-1-2-6(8)4-3-5;1-2(3)4/h1-4,7-8H;1H3,(H,3,4). The molecular formula is C8H10O4. The fourth-order valence-electron chi connectivity index (χ4n) is 0.453. The number of phenolic OH excluding ortho intramolecular Hbond substituents is 2. The first kappa shape index (κ1) is 10.3. The summed E-state index contributed by atoms with van der Waals surface area (Å²) in [6, 6.07) is 5.70. The summed E-state index contributed by atoms with van der Waals surface area (Å²) in [5, 5.41) is 24.7. The van der Waals surface area contributed by atoms with Gasteiger partial charge in [-0.15, -0.1) is 0 Å². The minimum absolute atomic E-state index is 0.169. The SMILES string of the molecule is CC(=O)O.Oc1ccc(O)cc1. The second-order valence-electron chi connectivity index (χ2n) is 2.04. The summed E-state index contributed by atoms with van der Waals surface area (Å²) in [6.07, 6.45) is 0. The van der Waals surface area contributed by atoms with Crippen molar-refractivity contribution in [1.29, 1.82) is 0 Å². The van der Waals surface area contributed by atoms with E-state index in [1.54, 1.807) is 0 Å². The molecule has 66 valence electrons. The Morgan fingerprint density at radius 3 is 1.42 bits per heavy atom. The fraction of sp³-hybridized carbons (Fsp3) is 0.125. The summed E-state index contributed by atoms with van der Waals surface area (Å²) in [7, 11) is 0. The molecule has 0 aliphatic heterocycles. The molecule has 0 spiro atoms. The second-order valence-corrected chi connectivity index (χ2v) is 2.04. The van der Waals surface area contributed by atoms with E-state index >= 15 is 0 Å². The van der Waals surface area contributed by atoms with E-state index in [1.807, 2.05) is 0 Å². The van der Waals surface area contributed by atoms with Crippen LogP contribution in [0, 0.1) is 0 Å². The van der Waals surface area contributed by atoms with Crippen LogP contribution in [-0.2, 0) is 4.79 Å². The number of hydrogen-bond donors (Lipinski definition) is 3. The zero-order valence-electron chi connectivity index (χ0n) is 6.56. The minimum Gasteiger partial charge on any atom is -0.508 e. The molecule has 0 aliphatic carbocycles. The molecule has 0 unspecified atom stereocenters. The topological polar surface area (TPSA) is 77.8 Å². The normalized spacial score (nSPS) is 8.08. The third-order valence-electron chi connectivity index (χ3n) is 0.850. The molecule has 0 radical (unpaired) electrons. The lowest BCUT2D eigenvalue weighted by Crippen LogP contribution is -1.78. The smallest absolute Gasteiger partial charge is 0.300 e. The number of rotatable bonds is 0. The average Bonchev–Trinajstić information content (AvgIpc) is 1.94. The van der Waals surface area contributed by atoms with Gasteiger partial charge in [-0.2, -0.15) is 0 Å². The Balaban J connectivity index is 0.000000261. The number of carbonyl (C=O) groups is 1. The Labute approximate surface area is 69.7 Å². The van der Waals surface area contributed by atoms with Crippen molar-refractivity contribution < 1.29 is 20.1 Å². The second kappa shape index (κ2) is 5.01. The van der Waals surface area contributed by atoms with Gasteiger partial charge >= 0.3 is 0 Å². The van der Waals surface area contributed by atoms with Crippen LogP contribution in [0.25, 0.3) is 0 Å². The molecule has 0 amide bonds. The number of aliphatic carboxylic acids is 1. The predicted octanol–water partition coefficient (Wildman–Crippen LogP) is 1.19. The molecule has 1 rings (SSSR count). The first-order valence-corrected chi connectivity index (χ1v) is 3.20. The molecule has 4 nitrogen and oxygen atoms in total. The fourth-order valence-corrected chi connectivity index (χ4v) is 0.453. The summed E-state index contributed by atoms with van der Waals surface area (Å²) in [5.74, 6) is -0.495. The van der Waals surface area contributed by atoms with Crippen molar-refractivity contribution in [3.63, 3.8) is 0 Å². The Kier molecular flexibility index (Phi) is 4.30. The molecule has 0 aromatic heterocycles. The van der Waals surface area contributed by atoms with Gasteiger partial charge in [-0.25, -0.2) is 0 Å². The third kappa shape index (κ3) is 6.41. The minimum atomic E-state index is -0.833. The largest absolute Gasteiger partial charge is 0.508 e. The summed E-state index contributed by atoms with van der Waals surface area (Å²) in [4.78, 5) is 9.00. The van der Waals surface area contributed by atoms with Gasteiger partial charge in [0.15, 0.2) is 0 Å². The van der Waals surface area contributed by atoms with Crippen LogP contribution in [0.15, 0.2) is 24.3 Å². The number of phenols is 2. The van der Waals surface area contributed by atoms with E-state index in [0.29, 0.717) is 0 Å².